The first-order valence-corrected chi connectivity index (χ1v) is 5.07. The van der Waals surface area contributed by atoms with E-state index in [2.05, 4.69) is 10.1 Å². The summed E-state index contributed by atoms with van der Waals surface area (Å²) in [5.41, 5.74) is 5.23. The number of nitrogens with one attached hydrogen (secondary N) is 1. The van der Waals surface area contributed by atoms with Crippen LogP contribution in [0.15, 0.2) is 0 Å². The van der Waals surface area contributed by atoms with Crippen molar-refractivity contribution in [3.8, 4) is 0 Å². The summed E-state index contributed by atoms with van der Waals surface area (Å²) < 4.78 is 4.61. The second kappa shape index (κ2) is 6.40. The first-order valence-electron chi connectivity index (χ1n) is 5.07. The average molecular weight is 216 g/mol. The van der Waals surface area contributed by atoms with E-state index in [0.29, 0.717) is 6.42 Å². The molecule has 2 atom stereocenters. The van der Waals surface area contributed by atoms with Crippen LogP contribution in [0.5, 0.6) is 0 Å². The topological polar surface area (TPSA) is 81.4 Å². The molecule has 5 nitrogen and oxygen atoms in total. The van der Waals surface area contributed by atoms with E-state index in [1.807, 2.05) is 20.8 Å². The lowest BCUT2D eigenvalue weighted by atomic mass is 10.0. The molecule has 0 rings (SSSR count). The van der Waals surface area contributed by atoms with E-state index in [1.165, 1.54) is 7.11 Å². The van der Waals surface area contributed by atoms with Crippen molar-refractivity contribution in [2.24, 2.45) is 11.7 Å². The number of rotatable bonds is 6. The molecule has 0 heterocycles. The highest BCUT2D eigenvalue weighted by Crippen LogP contribution is 2.04. The summed E-state index contributed by atoms with van der Waals surface area (Å²) in [5.74, 6) is -0.780. The molecule has 0 saturated carbocycles. The zero-order chi connectivity index (χ0) is 12.0. The van der Waals surface area contributed by atoms with Crippen molar-refractivity contribution in [1.82, 2.24) is 5.32 Å². The Morgan fingerprint density at radius 2 is 1.93 bits per heavy atom. The minimum Gasteiger partial charge on any atom is -0.468 e. The van der Waals surface area contributed by atoms with Crippen molar-refractivity contribution >= 4 is 11.9 Å². The molecule has 0 aliphatic heterocycles. The average Bonchev–Trinajstić information content (AvgIpc) is 2.17. The second-order valence-electron chi connectivity index (χ2n) is 3.77. The lowest BCUT2D eigenvalue weighted by molar-refractivity contribution is -0.143. The summed E-state index contributed by atoms with van der Waals surface area (Å²) in [7, 11) is 1.32. The van der Waals surface area contributed by atoms with Crippen LogP contribution in [-0.2, 0) is 14.3 Å². The van der Waals surface area contributed by atoms with Crippen LogP contribution in [-0.4, -0.2) is 31.1 Å². The number of carbonyl (C=O) groups is 2. The number of ether oxygens (including phenoxy) is 1. The molecule has 15 heavy (non-hydrogen) atoms. The Hall–Kier alpha value is -1.10. The lowest BCUT2D eigenvalue weighted by Gasteiger charge is -2.23. The van der Waals surface area contributed by atoms with Crippen molar-refractivity contribution in [3.05, 3.63) is 0 Å². The fourth-order valence-corrected chi connectivity index (χ4v) is 1.31. The van der Waals surface area contributed by atoms with Gasteiger partial charge in [0.2, 0.25) is 5.91 Å². The molecule has 5 heteroatoms. The highest BCUT2D eigenvalue weighted by atomic mass is 16.5. The Morgan fingerprint density at radius 3 is 2.20 bits per heavy atom. The SMILES string of the molecule is CC[C@@H](N[C@@H](C(N)=O)C(C)C)C(=O)OC. The number of nitrogens with two attached hydrogens (primary N) is 1. The van der Waals surface area contributed by atoms with E-state index in [9.17, 15) is 9.59 Å². The summed E-state index contributed by atoms with van der Waals surface area (Å²) in [6.45, 7) is 5.58. The third kappa shape index (κ3) is 4.29. The number of esters is 1. The number of primary amides is 1. The lowest BCUT2D eigenvalue weighted by Crippen LogP contribution is -2.52. The highest BCUT2D eigenvalue weighted by Gasteiger charge is 2.26. The molecule has 0 radical (unpaired) electrons. The molecule has 1 amide bonds. The van der Waals surface area contributed by atoms with Gasteiger partial charge in [0.15, 0.2) is 0 Å². The third-order valence-electron chi connectivity index (χ3n) is 2.25. The van der Waals surface area contributed by atoms with Gasteiger partial charge in [0, 0.05) is 0 Å². The van der Waals surface area contributed by atoms with Gasteiger partial charge in [0.25, 0.3) is 0 Å². The van der Waals surface area contributed by atoms with Gasteiger partial charge in [-0.25, -0.2) is 0 Å². The Balaban J connectivity index is 4.49. The van der Waals surface area contributed by atoms with Gasteiger partial charge in [0.05, 0.1) is 13.2 Å². The molecule has 0 aromatic carbocycles. The number of methoxy groups -OCH3 is 1. The van der Waals surface area contributed by atoms with Crippen LogP contribution in [0.1, 0.15) is 27.2 Å². The number of hydrogen-bond donors (Lipinski definition) is 2. The van der Waals surface area contributed by atoms with Crippen molar-refractivity contribution in [2.75, 3.05) is 7.11 Å². The molecule has 0 fully saturated rings. The van der Waals surface area contributed by atoms with Gasteiger partial charge >= 0.3 is 5.97 Å². The minimum atomic E-state index is -0.506. The van der Waals surface area contributed by atoms with E-state index in [0.717, 1.165) is 0 Å². The van der Waals surface area contributed by atoms with Crippen LogP contribution in [0, 0.1) is 5.92 Å². The van der Waals surface area contributed by atoms with E-state index in [4.69, 9.17) is 5.73 Å². The molecule has 0 unspecified atom stereocenters. The fourth-order valence-electron chi connectivity index (χ4n) is 1.31. The summed E-state index contributed by atoms with van der Waals surface area (Å²) in [6.07, 6.45) is 0.559. The van der Waals surface area contributed by atoms with Crippen molar-refractivity contribution in [3.63, 3.8) is 0 Å². The van der Waals surface area contributed by atoms with Crippen LogP contribution in [0.3, 0.4) is 0 Å². The molecule has 0 aromatic rings. The summed E-state index contributed by atoms with van der Waals surface area (Å²) in [6, 6.07) is -0.982. The zero-order valence-electron chi connectivity index (χ0n) is 9.74. The van der Waals surface area contributed by atoms with Gasteiger partial charge in [-0.2, -0.15) is 0 Å². The quantitative estimate of drug-likeness (QED) is 0.614. The van der Waals surface area contributed by atoms with Gasteiger partial charge in [-0.15, -0.1) is 0 Å². The van der Waals surface area contributed by atoms with Gasteiger partial charge < -0.3 is 10.5 Å². The number of amides is 1. The van der Waals surface area contributed by atoms with Crippen molar-refractivity contribution in [1.29, 1.82) is 0 Å². The van der Waals surface area contributed by atoms with E-state index in [-0.39, 0.29) is 11.9 Å². The first kappa shape index (κ1) is 13.9. The van der Waals surface area contributed by atoms with Crippen LogP contribution in [0.25, 0.3) is 0 Å². The molecule has 0 spiro atoms. The van der Waals surface area contributed by atoms with Gasteiger partial charge in [-0.1, -0.05) is 20.8 Å². The van der Waals surface area contributed by atoms with Crippen molar-refractivity contribution < 1.29 is 14.3 Å². The Bertz CT molecular complexity index is 229. The van der Waals surface area contributed by atoms with Gasteiger partial charge in [-0.3, -0.25) is 14.9 Å². The Morgan fingerprint density at radius 1 is 1.40 bits per heavy atom. The minimum absolute atomic E-state index is 0.0428. The molecule has 88 valence electrons. The van der Waals surface area contributed by atoms with Crippen molar-refractivity contribution in [2.45, 2.75) is 39.3 Å². The molecule has 0 saturated heterocycles. The molecular weight excluding hydrogens is 196 g/mol. The maximum atomic E-state index is 11.3. The van der Waals surface area contributed by atoms with Gasteiger partial charge in [-0.05, 0) is 12.3 Å². The smallest absolute Gasteiger partial charge is 0.322 e. The van der Waals surface area contributed by atoms with Crippen LogP contribution in [0.2, 0.25) is 0 Å². The van der Waals surface area contributed by atoms with Crippen LogP contribution >= 0.6 is 0 Å². The maximum Gasteiger partial charge on any atom is 0.322 e. The molecule has 0 bridgehead atoms. The third-order valence-corrected chi connectivity index (χ3v) is 2.25. The van der Waals surface area contributed by atoms with E-state index >= 15 is 0 Å². The molecule has 0 aromatic heterocycles. The molecular formula is C10H20N2O3. The molecule has 3 N–H and O–H groups in total. The van der Waals surface area contributed by atoms with Crippen LogP contribution in [0.4, 0.5) is 0 Å². The normalized spacial score (nSPS) is 14.7. The van der Waals surface area contributed by atoms with Gasteiger partial charge in [0.1, 0.15) is 6.04 Å². The molecule has 0 aliphatic rings. The first-order chi connectivity index (χ1) is 6.93. The van der Waals surface area contributed by atoms with Crippen LogP contribution < -0.4 is 11.1 Å². The predicted molar refractivity (Wildman–Crippen MR) is 57.1 cm³/mol. The fraction of sp³-hybridized carbons (Fsp3) is 0.800. The number of hydrogen-bond acceptors (Lipinski definition) is 4. The Kier molecular flexibility index (Phi) is 5.93. The number of carbonyl (C=O) groups excluding carboxylic acids is 2. The summed E-state index contributed by atoms with van der Waals surface area (Å²) in [4.78, 5) is 22.4. The van der Waals surface area contributed by atoms with E-state index < -0.39 is 18.0 Å². The highest BCUT2D eigenvalue weighted by molar-refractivity contribution is 5.82. The largest absolute Gasteiger partial charge is 0.468 e. The maximum absolute atomic E-state index is 11.3. The van der Waals surface area contributed by atoms with E-state index in [1.54, 1.807) is 0 Å². The second-order valence-corrected chi connectivity index (χ2v) is 3.77. The standard InChI is InChI=1S/C10H20N2O3/c1-5-7(10(14)15-4)12-8(6(2)3)9(11)13/h6-8,12H,5H2,1-4H3,(H2,11,13)/t7-,8-/m1/s1. The summed E-state index contributed by atoms with van der Waals surface area (Å²) in [5, 5.41) is 2.90. The zero-order valence-corrected chi connectivity index (χ0v) is 9.74. The Labute approximate surface area is 90.4 Å². The monoisotopic (exact) mass is 216 g/mol. The molecule has 0 aliphatic carbocycles. The summed E-state index contributed by atoms with van der Waals surface area (Å²) >= 11 is 0. The predicted octanol–water partition coefficient (Wildman–Crippen LogP) is 0.0375.